The second-order valence-electron chi connectivity index (χ2n) is 8.43. The van der Waals surface area contributed by atoms with Crippen LogP contribution < -0.4 is 9.62 Å². The van der Waals surface area contributed by atoms with Gasteiger partial charge in [-0.1, -0.05) is 61.3 Å². The first-order valence-electron chi connectivity index (χ1n) is 11.3. The van der Waals surface area contributed by atoms with Crippen molar-refractivity contribution in [3.8, 4) is 0 Å². The summed E-state index contributed by atoms with van der Waals surface area (Å²) in [5.41, 5.74) is 3.02. The highest BCUT2D eigenvalue weighted by molar-refractivity contribution is 7.92. The van der Waals surface area contributed by atoms with E-state index in [2.05, 4.69) is 5.32 Å². The molecule has 34 heavy (non-hydrogen) atoms. The minimum absolute atomic E-state index is 0.184. The largest absolute Gasteiger partial charge is 0.354 e. The maximum Gasteiger partial charge on any atom is 0.244 e. The summed E-state index contributed by atoms with van der Waals surface area (Å²) in [6.45, 7) is 7.81. The van der Waals surface area contributed by atoms with E-state index in [0.29, 0.717) is 23.7 Å². The number of sulfonamides is 1. The summed E-state index contributed by atoms with van der Waals surface area (Å²) in [7, 11) is -3.79. The molecule has 0 aliphatic rings. The zero-order valence-electron chi connectivity index (χ0n) is 20.5. The highest BCUT2D eigenvalue weighted by Crippen LogP contribution is 2.25. The lowest BCUT2D eigenvalue weighted by atomic mass is 10.1. The van der Waals surface area contributed by atoms with Crippen LogP contribution in [0.25, 0.3) is 0 Å². The summed E-state index contributed by atoms with van der Waals surface area (Å²) in [4.78, 5) is 27.9. The third-order valence-electron chi connectivity index (χ3n) is 5.53. The summed E-state index contributed by atoms with van der Waals surface area (Å²) in [6.07, 6.45) is 2.20. The topological polar surface area (TPSA) is 86.8 Å². The molecule has 186 valence electrons. The van der Waals surface area contributed by atoms with E-state index in [0.717, 1.165) is 33.7 Å². The van der Waals surface area contributed by atoms with Crippen molar-refractivity contribution in [2.24, 2.45) is 0 Å². The molecule has 2 amide bonds. The van der Waals surface area contributed by atoms with Gasteiger partial charge in [0.15, 0.2) is 0 Å². The molecule has 0 bridgehead atoms. The number of benzene rings is 2. The monoisotopic (exact) mass is 507 g/mol. The van der Waals surface area contributed by atoms with Gasteiger partial charge in [-0.3, -0.25) is 13.9 Å². The van der Waals surface area contributed by atoms with Gasteiger partial charge in [0.1, 0.15) is 12.6 Å². The minimum atomic E-state index is -3.79. The molecule has 2 aromatic carbocycles. The van der Waals surface area contributed by atoms with Crippen LogP contribution in [0.2, 0.25) is 5.02 Å². The molecule has 0 radical (unpaired) electrons. The molecule has 9 heteroatoms. The molecular weight excluding hydrogens is 474 g/mol. The predicted molar refractivity (Wildman–Crippen MR) is 137 cm³/mol. The van der Waals surface area contributed by atoms with Crippen LogP contribution in [0.5, 0.6) is 0 Å². The fourth-order valence-electron chi connectivity index (χ4n) is 3.53. The molecule has 0 aliphatic carbocycles. The van der Waals surface area contributed by atoms with Crippen molar-refractivity contribution in [2.45, 2.75) is 53.1 Å². The number of rotatable bonds is 11. The zero-order chi connectivity index (χ0) is 25.5. The highest BCUT2D eigenvalue weighted by atomic mass is 35.5. The van der Waals surface area contributed by atoms with E-state index in [4.69, 9.17) is 11.6 Å². The van der Waals surface area contributed by atoms with E-state index in [-0.39, 0.29) is 12.5 Å². The van der Waals surface area contributed by atoms with Crippen molar-refractivity contribution in [1.29, 1.82) is 0 Å². The fourth-order valence-corrected chi connectivity index (χ4v) is 4.54. The van der Waals surface area contributed by atoms with Crippen LogP contribution in [-0.2, 0) is 26.2 Å². The second-order valence-corrected chi connectivity index (χ2v) is 10.7. The summed E-state index contributed by atoms with van der Waals surface area (Å²) >= 11 is 6.22. The number of hydrogen-bond acceptors (Lipinski definition) is 4. The maximum absolute atomic E-state index is 13.6. The number of halogens is 1. The Labute approximate surface area is 208 Å². The van der Waals surface area contributed by atoms with Crippen LogP contribution in [0.1, 0.15) is 43.4 Å². The van der Waals surface area contributed by atoms with Gasteiger partial charge in [0.05, 0.1) is 11.9 Å². The van der Waals surface area contributed by atoms with Crippen molar-refractivity contribution in [3.63, 3.8) is 0 Å². The van der Waals surface area contributed by atoms with Crippen LogP contribution in [0, 0.1) is 13.8 Å². The number of carbonyl (C=O) groups excluding carboxylic acids is 2. The van der Waals surface area contributed by atoms with E-state index in [1.165, 1.54) is 11.0 Å². The quantitative estimate of drug-likeness (QED) is 0.497. The number of anilines is 1. The molecule has 0 spiro atoms. The number of nitrogens with zero attached hydrogens (tertiary/aromatic N) is 2. The Bertz CT molecular complexity index is 1100. The molecule has 0 saturated carbocycles. The van der Waals surface area contributed by atoms with Gasteiger partial charge in [-0.25, -0.2) is 8.42 Å². The van der Waals surface area contributed by atoms with Crippen LogP contribution in [0.3, 0.4) is 0 Å². The smallest absolute Gasteiger partial charge is 0.244 e. The third-order valence-corrected chi connectivity index (χ3v) is 7.08. The first kappa shape index (κ1) is 27.7. The van der Waals surface area contributed by atoms with Gasteiger partial charge in [-0.2, -0.15) is 0 Å². The van der Waals surface area contributed by atoms with E-state index >= 15 is 0 Å². The Morgan fingerprint density at radius 1 is 1.06 bits per heavy atom. The molecule has 1 atom stereocenters. The van der Waals surface area contributed by atoms with Crippen molar-refractivity contribution < 1.29 is 18.0 Å². The second kappa shape index (κ2) is 12.2. The lowest BCUT2D eigenvalue weighted by Crippen LogP contribution is -2.52. The number of hydrogen-bond donors (Lipinski definition) is 1. The van der Waals surface area contributed by atoms with Gasteiger partial charge in [-0.15, -0.1) is 0 Å². The van der Waals surface area contributed by atoms with E-state index < -0.39 is 28.5 Å². The lowest BCUT2D eigenvalue weighted by molar-refractivity contribution is -0.140. The van der Waals surface area contributed by atoms with E-state index in [9.17, 15) is 18.0 Å². The SMILES string of the molecule is CCCNC(=O)[C@H](CC)N(Cc1ccc(C)cc1)C(=O)CN(c1ccc(C)c(Cl)c1)S(C)(=O)=O. The van der Waals surface area contributed by atoms with Crippen molar-refractivity contribution in [3.05, 3.63) is 64.2 Å². The Balaban J connectivity index is 2.43. The molecule has 0 aliphatic heterocycles. The lowest BCUT2D eigenvalue weighted by Gasteiger charge is -2.33. The van der Waals surface area contributed by atoms with Gasteiger partial charge in [0.2, 0.25) is 21.8 Å². The van der Waals surface area contributed by atoms with Gasteiger partial charge >= 0.3 is 0 Å². The maximum atomic E-state index is 13.6. The van der Waals surface area contributed by atoms with Crippen LogP contribution in [-0.4, -0.2) is 50.5 Å². The molecule has 0 fully saturated rings. The van der Waals surface area contributed by atoms with Crippen LogP contribution in [0.4, 0.5) is 5.69 Å². The van der Waals surface area contributed by atoms with Gasteiger partial charge in [-0.05, 0) is 49.9 Å². The first-order chi connectivity index (χ1) is 16.0. The molecule has 7 nitrogen and oxygen atoms in total. The number of nitrogens with one attached hydrogen (secondary N) is 1. The number of aryl methyl sites for hydroxylation is 2. The Kier molecular flexibility index (Phi) is 9.94. The summed E-state index contributed by atoms with van der Waals surface area (Å²) < 4.78 is 26.3. The van der Waals surface area contributed by atoms with Crippen LogP contribution in [0.15, 0.2) is 42.5 Å². The van der Waals surface area contributed by atoms with Gasteiger partial charge in [0, 0.05) is 18.1 Å². The highest BCUT2D eigenvalue weighted by Gasteiger charge is 2.31. The molecule has 2 aromatic rings. The minimum Gasteiger partial charge on any atom is -0.354 e. The van der Waals surface area contributed by atoms with E-state index in [1.807, 2.05) is 52.0 Å². The average molecular weight is 508 g/mol. The van der Waals surface area contributed by atoms with Crippen molar-refractivity contribution >= 4 is 39.1 Å². The molecule has 2 rings (SSSR count). The first-order valence-corrected chi connectivity index (χ1v) is 13.6. The number of amides is 2. The third kappa shape index (κ3) is 7.46. The van der Waals surface area contributed by atoms with E-state index in [1.54, 1.807) is 12.1 Å². The number of carbonyl (C=O) groups is 2. The zero-order valence-corrected chi connectivity index (χ0v) is 22.0. The Morgan fingerprint density at radius 2 is 1.71 bits per heavy atom. The van der Waals surface area contributed by atoms with Gasteiger partial charge in [0.25, 0.3) is 0 Å². The molecule has 0 aromatic heterocycles. The molecule has 1 N–H and O–H groups in total. The van der Waals surface area contributed by atoms with Gasteiger partial charge < -0.3 is 10.2 Å². The molecular formula is C25H34ClN3O4S. The predicted octanol–water partition coefficient (Wildman–Crippen LogP) is 4.06. The summed E-state index contributed by atoms with van der Waals surface area (Å²) in [5, 5.41) is 3.26. The van der Waals surface area contributed by atoms with Crippen LogP contribution >= 0.6 is 11.6 Å². The normalized spacial score (nSPS) is 12.2. The Hall–Kier alpha value is -2.58. The summed E-state index contributed by atoms with van der Waals surface area (Å²) in [6, 6.07) is 11.8. The van der Waals surface area contributed by atoms with Crippen molar-refractivity contribution in [2.75, 3.05) is 23.7 Å². The summed E-state index contributed by atoms with van der Waals surface area (Å²) in [5.74, 6) is -0.727. The molecule has 0 unspecified atom stereocenters. The molecule has 0 heterocycles. The molecule has 0 saturated heterocycles. The van der Waals surface area contributed by atoms with Crippen molar-refractivity contribution in [1.82, 2.24) is 10.2 Å². The standard InChI is InChI=1S/C25H34ClN3O4S/c1-6-14-27-25(31)23(7-2)28(16-20-11-8-18(3)9-12-20)24(30)17-29(34(5,32)33)21-13-10-19(4)22(26)15-21/h8-13,15,23H,6-7,14,16-17H2,1-5H3,(H,27,31)/t23-/m0/s1. The average Bonchev–Trinajstić information content (AvgIpc) is 2.78. The fraction of sp³-hybridized carbons (Fsp3) is 0.440. The Morgan fingerprint density at radius 3 is 2.24 bits per heavy atom.